The summed E-state index contributed by atoms with van der Waals surface area (Å²) >= 11 is 0. The molecule has 17 heavy (non-hydrogen) atoms. The number of hydrogen-bond donors (Lipinski definition) is 3. The van der Waals surface area contributed by atoms with E-state index in [2.05, 4.69) is 5.32 Å². The monoisotopic (exact) mass is 235 g/mol. The fourth-order valence-electron chi connectivity index (χ4n) is 1.10. The Morgan fingerprint density at radius 2 is 1.59 bits per heavy atom. The van der Waals surface area contributed by atoms with Crippen LogP contribution in [0.3, 0.4) is 0 Å². The van der Waals surface area contributed by atoms with Crippen LogP contribution in [-0.2, 0) is 9.59 Å². The van der Waals surface area contributed by atoms with Crippen LogP contribution in [0.25, 0.3) is 0 Å². The van der Waals surface area contributed by atoms with Crippen LogP contribution in [0.15, 0.2) is 35.4 Å². The number of carbonyl (C=O) groups is 2. The Hall–Kier alpha value is -2.30. The number of amides is 1. The molecule has 0 aliphatic carbocycles. The molecule has 0 radical (unpaired) electrons. The topological polar surface area (TPSA) is 86.6 Å². The number of carboxylic acid groups (broad SMARTS) is 1. The highest BCUT2D eigenvalue weighted by molar-refractivity contribution is 6.08. The molecule has 5 heteroatoms. The molecule has 90 valence electrons. The van der Waals surface area contributed by atoms with Gasteiger partial charge in [-0.05, 0) is 38.1 Å². The number of phenols is 1. The normalized spacial score (nSPS) is 11.6. The van der Waals surface area contributed by atoms with Crippen LogP contribution in [0.5, 0.6) is 5.75 Å². The van der Waals surface area contributed by atoms with Crippen molar-refractivity contribution in [2.75, 3.05) is 5.32 Å². The minimum Gasteiger partial charge on any atom is -0.508 e. The zero-order valence-corrected chi connectivity index (χ0v) is 9.52. The molecule has 0 fully saturated rings. The summed E-state index contributed by atoms with van der Waals surface area (Å²) in [6.45, 7) is 2.81. The number of aromatic hydroxyl groups is 1. The first kappa shape index (κ1) is 12.8. The van der Waals surface area contributed by atoms with Gasteiger partial charge in [-0.3, -0.25) is 4.79 Å². The van der Waals surface area contributed by atoms with Crippen molar-refractivity contribution in [3.63, 3.8) is 0 Å². The van der Waals surface area contributed by atoms with Gasteiger partial charge in [0.25, 0.3) is 5.91 Å². The smallest absolute Gasteiger partial charge is 0.331 e. The molecule has 3 N–H and O–H groups in total. The highest BCUT2D eigenvalue weighted by Crippen LogP contribution is 2.15. The summed E-state index contributed by atoms with van der Waals surface area (Å²) in [4.78, 5) is 22.3. The Kier molecular flexibility index (Phi) is 3.87. The predicted molar refractivity (Wildman–Crippen MR) is 62.7 cm³/mol. The summed E-state index contributed by atoms with van der Waals surface area (Å²) in [5.41, 5.74) is 0.636. The number of hydrogen-bond acceptors (Lipinski definition) is 3. The summed E-state index contributed by atoms with van der Waals surface area (Å²) < 4.78 is 0. The Balaban J connectivity index is 2.83. The van der Waals surface area contributed by atoms with Crippen LogP contribution >= 0.6 is 0 Å². The van der Waals surface area contributed by atoms with Gasteiger partial charge in [-0.1, -0.05) is 0 Å². The first-order chi connectivity index (χ1) is 7.91. The lowest BCUT2D eigenvalue weighted by atomic mass is 10.1. The van der Waals surface area contributed by atoms with Gasteiger partial charge in [0, 0.05) is 16.8 Å². The van der Waals surface area contributed by atoms with Gasteiger partial charge in [0.15, 0.2) is 0 Å². The second kappa shape index (κ2) is 5.16. The SMILES string of the molecule is CC(C(=O)O)=C(C)C(=O)Nc1ccc(O)cc1. The van der Waals surface area contributed by atoms with Gasteiger partial charge >= 0.3 is 5.97 Å². The molecule has 1 aromatic carbocycles. The molecule has 1 amide bonds. The average molecular weight is 235 g/mol. The lowest BCUT2D eigenvalue weighted by molar-refractivity contribution is -0.133. The van der Waals surface area contributed by atoms with E-state index in [0.717, 1.165) is 0 Å². The molecule has 0 aliphatic rings. The Morgan fingerprint density at radius 3 is 2.06 bits per heavy atom. The second-order valence-corrected chi connectivity index (χ2v) is 3.56. The average Bonchev–Trinajstić information content (AvgIpc) is 2.30. The van der Waals surface area contributed by atoms with E-state index in [1.54, 1.807) is 0 Å². The summed E-state index contributed by atoms with van der Waals surface area (Å²) in [5, 5.41) is 20.3. The van der Waals surface area contributed by atoms with Gasteiger partial charge in [-0.15, -0.1) is 0 Å². The molecule has 0 saturated heterocycles. The van der Waals surface area contributed by atoms with Crippen LogP contribution in [0.4, 0.5) is 5.69 Å². The van der Waals surface area contributed by atoms with E-state index in [-0.39, 0.29) is 16.9 Å². The number of carboxylic acids is 1. The van der Waals surface area contributed by atoms with Crippen molar-refractivity contribution >= 4 is 17.6 Å². The maximum absolute atomic E-state index is 11.6. The largest absolute Gasteiger partial charge is 0.508 e. The summed E-state index contributed by atoms with van der Waals surface area (Å²) in [7, 11) is 0. The third-order valence-electron chi connectivity index (χ3n) is 2.35. The molecule has 1 aromatic rings. The molecule has 0 aromatic heterocycles. The number of anilines is 1. The van der Waals surface area contributed by atoms with Gasteiger partial charge in [-0.25, -0.2) is 4.79 Å². The van der Waals surface area contributed by atoms with Crippen molar-refractivity contribution in [2.45, 2.75) is 13.8 Å². The van der Waals surface area contributed by atoms with Crippen molar-refractivity contribution in [1.82, 2.24) is 0 Å². The zero-order valence-electron chi connectivity index (χ0n) is 9.52. The lowest BCUT2D eigenvalue weighted by Gasteiger charge is -2.06. The number of aliphatic carboxylic acids is 1. The molecule has 0 saturated carbocycles. The number of nitrogens with one attached hydrogen (secondary N) is 1. The number of phenolic OH excluding ortho intramolecular Hbond substituents is 1. The third-order valence-corrected chi connectivity index (χ3v) is 2.35. The molecular weight excluding hydrogens is 222 g/mol. The minimum atomic E-state index is -1.12. The quantitative estimate of drug-likeness (QED) is 0.550. The fraction of sp³-hybridized carbons (Fsp3) is 0.167. The van der Waals surface area contributed by atoms with E-state index in [9.17, 15) is 9.59 Å². The minimum absolute atomic E-state index is 0.00118. The Bertz CT molecular complexity index is 474. The van der Waals surface area contributed by atoms with Gasteiger partial charge in [0.1, 0.15) is 5.75 Å². The predicted octanol–water partition coefficient (Wildman–Crippen LogP) is 1.75. The molecule has 0 unspecified atom stereocenters. The van der Waals surface area contributed by atoms with E-state index in [1.165, 1.54) is 38.1 Å². The molecule has 5 nitrogen and oxygen atoms in total. The Morgan fingerprint density at radius 1 is 1.06 bits per heavy atom. The first-order valence-corrected chi connectivity index (χ1v) is 4.93. The molecule has 0 bridgehead atoms. The highest BCUT2D eigenvalue weighted by Gasteiger charge is 2.12. The van der Waals surface area contributed by atoms with Gasteiger partial charge in [0.2, 0.25) is 0 Å². The molecule has 0 spiro atoms. The van der Waals surface area contributed by atoms with Crippen molar-refractivity contribution in [1.29, 1.82) is 0 Å². The van der Waals surface area contributed by atoms with E-state index in [0.29, 0.717) is 5.69 Å². The molecule has 0 atom stereocenters. The van der Waals surface area contributed by atoms with Crippen molar-refractivity contribution in [3.8, 4) is 5.75 Å². The van der Waals surface area contributed by atoms with Crippen molar-refractivity contribution in [2.24, 2.45) is 0 Å². The van der Waals surface area contributed by atoms with E-state index in [4.69, 9.17) is 10.2 Å². The van der Waals surface area contributed by atoms with Crippen LogP contribution < -0.4 is 5.32 Å². The fourth-order valence-corrected chi connectivity index (χ4v) is 1.10. The van der Waals surface area contributed by atoms with Gasteiger partial charge < -0.3 is 15.5 Å². The lowest BCUT2D eigenvalue weighted by Crippen LogP contribution is -2.16. The van der Waals surface area contributed by atoms with Crippen molar-refractivity contribution < 1.29 is 19.8 Å². The summed E-state index contributed by atoms with van der Waals surface area (Å²) in [6.07, 6.45) is 0. The van der Waals surface area contributed by atoms with Crippen LogP contribution in [0.1, 0.15) is 13.8 Å². The third kappa shape index (κ3) is 3.34. The summed E-state index contributed by atoms with van der Waals surface area (Å²) in [6, 6.07) is 5.91. The standard InChI is InChI=1S/C12H13NO4/c1-7(8(2)12(16)17)11(15)13-9-3-5-10(14)6-4-9/h3-6,14H,1-2H3,(H,13,15)(H,16,17). The van der Waals surface area contributed by atoms with Crippen LogP contribution in [0, 0.1) is 0 Å². The molecule has 0 heterocycles. The van der Waals surface area contributed by atoms with Crippen molar-refractivity contribution in [3.05, 3.63) is 35.4 Å². The van der Waals surface area contributed by atoms with Gasteiger partial charge in [-0.2, -0.15) is 0 Å². The van der Waals surface area contributed by atoms with E-state index in [1.807, 2.05) is 0 Å². The highest BCUT2D eigenvalue weighted by atomic mass is 16.4. The zero-order chi connectivity index (χ0) is 13.0. The van der Waals surface area contributed by atoms with Crippen LogP contribution in [-0.4, -0.2) is 22.1 Å². The van der Waals surface area contributed by atoms with Gasteiger partial charge in [0.05, 0.1) is 0 Å². The first-order valence-electron chi connectivity index (χ1n) is 4.93. The number of rotatable bonds is 3. The summed E-state index contributed by atoms with van der Waals surface area (Å²) in [5.74, 6) is -1.50. The second-order valence-electron chi connectivity index (χ2n) is 3.56. The van der Waals surface area contributed by atoms with E-state index < -0.39 is 11.9 Å². The molecule has 1 rings (SSSR count). The van der Waals surface area contributed by atoms with Crippen LogP contribution in [0.2, 0.25) is 0 Å². The number of carbonyl (C=O) groups excluding carboxylic acids is 1. The Labute approximate surface area is 98.4 Å². The maximum Gasteiger partial charge on any atom is 0.331 e. The van der Waals surface area contributed by atoms with E-state index >= 15 is 0 Å². The molecule has 0 aliphatic heterocycles. The maximum atomic E-state index is 11.6. The molecular formula is C12H13NO4. The number of benzene rings is 1.